The molecule has 0 saturated carbocycles. The second-order valence-electron chi connectivity index (χ2n) is 7.83. The molecule has 6 nitrogen and oxygen atoms in total. The Morgan fingerprint density at radius 1 is 1.26 bits per heavy atom. The molecule has 1 fully saturated rings. The SMILES string of the molecule is CN=C(NCCc1c[nH]c2c(C)cccc12)NCC(C)(C)N1CCOCC1. The van der Waals surface area contributed by atoms with Crippen molar-refractivity contribution in [3.8, 4) is 0 Å². The van der Waals surface area contributed by atoms with Gasteiger partial charge in [-0.2, -0.15) is 0 Å². The number of hydrogen-bond donors (Lipinski definition) is 3. The molecule has 2 heterocycles. The van der Waals surface area contributed by atoms with E-state index in [1.54, 1.807) is 0 Å². The van der Waals surface area contributed by atoms with Gasteiger partial charge in [0.1, 0.15) is 0 Å². The van der Waals surface area contributed by atoms with Gasteiger partial charge in [-0.1, -0.05) is 18.2 Å². The highest BCUT2D eigenvalue weighted by atomic mass is 16.5. The molecule has 3 rings (SSSR count). The van der Waals surface area contributed by atoms with E-state index in [9.17, 15) is 0 Å². The number of guanidine groups is 1. The van der Waals surface area contributed by atoms with Crippen molar-refractivity contribution < 1.29 is 4.74 Å². The fourth-order valence-corrected chi connectivity index (χ4v) is 3.69. The molecule has 0 unspecified atom stereocenters. The van der Waals surface area contributed by atoms with Crippen molar-refractivity contribution in [1.29, 1.82) is 0 Å². The van der Waals surface area contributed by atoms with Crippen LogP contribution in [0.4, 0.5) is 0 Å². The number of fused-ring (bicyclic) bond motifs is 1. The van der Waals surface area contributed by atoms with Crippen LogP contribution in [0.5, 0.6) is 0 Å². The van der Waals surface area contributed by atoms with E-state index in [2.05, 4.69) is 70.7 Å². The standard InChI is InChI=1S/C21H33N5O/c1-16-6-5-7-18-17(14-24-19(16)18)8-9-23-20(22-4)25-15-21(2,3)26-10-12-27-13-11-26/h5-7,14,24H,8-13,15H2,1-4H3,(H2,22,23,25). The highest BCUT2D eigenvalue weighted by molar-refractivity contribution is 5.86. The van der Waals surface area contributed by atoms with Crippen LogP contribution in [0, 0.1) is 6.92 Å². The molecule has 2 aromatic rings. The number of para-hydroxylation sites is 1. The highest BCUT2D eigenvalue weighted by Gasteiger charge is 2.28. The lowest BCUT2D eigenvalue weighted by Crippen LogP contribution is -2.56. The first-order chi connectivity index (χ1) is 13.0. The molecule has 148 valence electrons. The van der Waals surface area contributed by atoms with Gasteiger partial charge < -0.3 is 20.4 Å². The number of nitrogens with one attached hydrogen (secondary N) is 3. The lowest BCUT2D eigenvalue weighted by Gasteiger charge is -2.41. The van der Waals surface area contributed by atoms with Crippen molar-refractivity contribution in [2.24, 2.45) is 4.99 Å². The van der Waals surface area contributed by atoms with Gasteiger partial charge in [-0.3, -0.25) is 9.89 Å². The van der Waals surface area contributed by atoms with Crippen molar-refractivity contribution in [3.05, 3.63) is 35.5 Å². The zero-order chi connectivity index (χ0) is 19.3. The van der Waals surface area contributed by atoms with Gasteiger partial charge in [0.2, 0.25) is 0 Å². The Balaban J connectivity index is 1.49. The molecule has 1 aromatic carbocycles. The van der Waals surface area contributed by atoms with E-state index in [1.807, 2.05) is 7.05 Å². The van der Waals surface area contributed by atoms with E-state index < -0.39 is 0 Å². The normalized spacial score (nSPS) is 16.7. The molecular weight excluding hydrogens is 338 g/mol. The van der Waals surface area contributed by atoms with Crippen molar-refractivity contribution >= 4 is 16.9 Å². The van der Waals surface area contributed by atoms with E-state index in [4.69, 9.17) is 4.74 Å². The number of H-pyrrole nitrogens is 1. The first-order valence-corrected chi connectivity index (χ1v) is 9.84. The maximum atomic E-state index is 5.47. The molecule has 27 heavy (non-hydrogen) atoms. The van der Waals surface area contributed by atoms with E-state index in [1.165, 1.54) is 22.0 Å². The fourth-order valence-electron chi connectivity index (χ4n) is 3.69. The van der Waals surface area contributed by atoms with Crippen LogP contribution < -0.4 is 10.6 Å². The Hall–Kier alpha value is -2.05. The number of hydrogen-bond acceptors (Lipinski definition) is 3. The molecule has 0 radical (unpaired) electrons. The van der Waals surface area contributed by atoms with Gasteiger partial charge in [-0.05, 0) is 38.3 Å². The number of rotatable bonds is 6. The van der Waals surface area contributed by atoms with Crippen LogP contribution in [0.25, 0.3) is 10.9 Å². The molecule has 0 atom stereocenters. The number of morpholine rings is 1. The largest absolute Gasteiger partial charge is 0.379 e. The van der Waals surface area contributed by atoms with Gasteiger partial charge in [0.15, 0.2) is 5.96 Å². The molecule has 3 N–H and O–H groups in total. The van der Waals surface area contributed by atoms with Gasteiger partial charge in [0.05, 0.1) is 13.2 Å². The van der Waals surface area contributed by atoms with Crippen LogP contribution >= 0.6 is 0 Å². The Morgan fingerprint density at radius 2 is 2.04 bits per heavy atom. The summed E-state index contributed by atoms with van der Waals surface area (Å²) in [5.41, 5.74) is 3.93. The molecule has 6 heteroatoms. The number of aliphatic imine (C=N–C) groups is 1. The average molecular weight is 372 g/mol. The highest BCUT2D eigenvalue weighted by Crippen LogP contribution is 2.21. The summed E-state index contributed by atoms with van der Waals surface area (Å²) in [6, 6.07) is 6.45. The number of nitrogens with zero attached hydrogens (tertiary/aromatic N) is 2. The molecule has 1 aliphatic heterocycles. The van der Waals surface area contributed by atoms with Crippen molar-refractivity contribution in [2.45, 2.75) is 32.7 Å². The Bertz CT molecular complexity index is 774. The minimum absolute atomic E-state index is 0.0652. The quantitative estimate of drug-likeness (QED) is 0.539. The number of aromatic amines is 1. The first-order valence-electron chi connectivity index (χ1n) is 9.84. The summed E-state index contributed by atoms with van der Waals surface area (Å²) in [7, 11) is 1.83. The summed E-state index contributed by atoms with van der Waals surface area (Å²) in [5.74, 6) is 0.854. The van der Waals surface area contributed by atoms with Gasteiger partial charge >= 0.3 is 0 Å². The van der Waals surface area contributed by atoms with E-state index in [0.717, 1.165) is 51.8 Å². The second kappa shape index (κ2) is 8.76. The third-order valence-electron chi connectivity index (χ3n) is 5.48. The van der Waals surface area contributed by atoms with Crippen molar-refractivity contribution in [3.63, 3.8) is 0 Å². The minimum Gasteiger partial charge on any atom is -0.379 e. The zero-order valence-corrected chi connectivity index (χ0v) is 17.1. The molecule has 1 saturated heterocycles. The van der Waals surface area contributed by atoms with E-state index in [0.29, 0.717) is 0 Å². The molecule has 0 spiro atoms. The fraction of sp³-hybridized carbons (Fsp3) is 0.571. The summed E-state index contributed by atoms with van der Waals surface area (Å²) < 4.78 is 5.47. The predicted octanol–water partition coefficient (Wildman–Crippen LogP) is 2.29. The molecule has 1 aliphatic rings. The third-order valence-corrected chi connectivity index (χ3v) is 5.48. The molecule has 0 aliphatic carbocycles. The number of benzene rings is 1. The summed E-state index contributed by atoms with van der Waals surface area (Å²) in [6.45, 7) is 12.0. The number of ether oxygens (including phenoxy) is 1. The van der Waals surface area contributed by atoms with Gasteiger partial charge in [-0.15, -0.1) is 0 Å². The first kappa shape index (κ1) is 19.7. The minimum atomic E-state index is 0.0652. The van der Waals surface area contributed by atoms with Crippen LogP contribution in [0.15, 0.2) is 29.4 Å². The number of aryl methyl sites for hydroxylation is 1. The summed E-state index contributed by atoms with van der Waals surface area (Å²) in [6.07, 6.45) is 3.08. The smallest absolute Gasteiger partial charge is 0.191 e. The van der Waals surface area contributed by atoms with E-state index >= 15 is 0 Å². The van der Waals surface area contributed by atoms with Crippen LogP contribution in [-0.2, 0) is 11.2 Å². The van der Waals surface area contributed by atoms with Gasteiger partial charge in [0, 0.05) is 55.9 Å². The third kappa shape index (κ3) is 4.82. The summed E-state index contributed by atoms with van der Waals surface area (Å²) >= 11 is 0. The Morgan fingerprint density at radius 3 is 2.78 bits per heavy atom. The topological polar surface area (TPSA) is 64.7 Å². The summed E-state index contributed by atoms with van der Waals surface area (Å²) in [5, 5.41) is 8.24. The predicted molar refractivity (Wildman–Crippen MR) is 113 cm³/mol. The average Bonchev–Trinajstić information content (AvgIpc) is 3.10. The number of aromatic nitrogens is 1. The van der Waals surface area contributed by atoms with Crippen molar-refractivity contribution in [2.75, 3.05) is 46.4 Å². The lowest BCUT2D eigenvalue weighted by molar-refractivity contribution is -0.00833. The van der Waals surface area contributed by atoms with Crippen LogP contribution in [0.2, 0.25) is 0 Å². The zero-order valence-electron chi connectivity index (χ0n) is 17.1. The molecule has 0 amide bonds. The summed E-state index contributed by atoms with van der Waals surface area (Å²) in [4.78, 5) is 10.3. The van der Waals surface area contributed by atoms with E-state index in [-0.39, 0.29) is 5.54 Å². The van der Waals surface area contributed by atoms with Crippen molar-refractivity contribution in [1.82, 2.24) is 20.5 Å². The molecule has 1 aromatic heterocycles. The van der Waals surface area contributed by atoms with Crippen LogP contribution in [0.1, 0.15) is 25.0 Å². The monoisotopic (exact) mass is 371 g/mol. The van der Waals surface area contributed by atoms with Gasteiger partial charge in [-0.25, -0.2) is 0 Å². The maximum absolute atomic E-state index is 5.47. The second-order valence-corrected chi connectivity index (χ2v) is 7.83. The maximum Gasteiger partial charge on any atom is 0.191 e. The lowest BCUT2D eigenvalue weighted by atomic mass is 10.0. The molecule has 0 bridgehead atoms. The Kier molecular flexibility index (Phi) is 6.39. The van der Waals surface area contributed by atoms with Crippen LogP contribution in [0.3, 0.4) is 0 Å². The molecular formula is C21H33N5O. The van der Waals surface area contributed by atoms with Crippen LogP contribution in [-0.4, -0.2) is 67.8 Å². The Labute approximate surface area is 162 Å². The van der Waals surface area contributed by atoms with Gasteiger partial charge in [0.25, 0.3) is 0 Å².